The van der Waals surface area contributed by atoms with E-state index in [1.807, 2.05) is 73.8 Å². The Morgan fingerprint density at radius 3 is 2.40 bits per heavy atom. The number of aromatic nitrogens is 2. The van der Waals surface area contributed by atoms with Gasteiger partial charge in [0.2, 0.25) is 5.95 Å². The van der Waals surface area contributed by atoms with E-state index in [9.17, 15) is 5.11 Å². The molecule has 5 heteroatoms. The highest BCUT2D eigenvalue weighted by molar-refractivity contribution is 5.91. The molecule has 0 aliphatic carbocycles. The summed E-state index contributed by atoms with van der Waals surface area (Å²) in [4.78, 5) is 10.7. The van der Waals surface area contributed by atoms with Crippen LogP contribution in [0.5, 0.6) is 0 Å². The third-order valence-corrected chi connectivity index (χ3v) is 4.22. The zero-order chi connectivity index (χ0) is 17.2. The van der Waals surface area contributed by atoms with Crippen LogP contribution in [0.1, 0.15) is 11.1 Å². The molecule has 0 fully saturated rings. The lowest BCUT2D eigenvalue weighted by Crippen LogP contribution is -2.36. The minimum atomic E-state index is -0.755. The molecule has 25 heavy (non-hydrogen) atoms. The van der Waals surface area contributed by atoms with E-state index >= 15 is 0 Å². The van der Waals surface area contributed by atoms with Gasteiger partial charge in [-0.3, -0.25) is 0 Å². The summed E-state index contributed by atoms with van der Waals surface area (Å²) < 4.78 is 0. The highest BCUT2D eigenvalue weighted by atomic mass is 16.3. The van der Waals surface area contributed by atoms with Crippen LogP contribution < -0.4 is 10.2 Å². The van der Waals surface area contributed by atoms with Crippen LogP contribution in [-0.4, -0.2) is 28.4 Å². The molecular weight excluding hydrogens is 312 g/mol. The number of hydrogen-bond donors (Lipinski definition) is 2. The number of aliphatic hydroxyl groups is 1. The Kier molecular flexibility index (Phi) is 3.91. The van der Waals surface area contributed by atoms with Crippen molar-refractivity contribution in [2.75, 3.05) is 17.3 Å². The normalized spacial score (nSPS) is 16.2. The molecule has 0 radical (unpaired) electrons. The van der Waals surface area contributed by atoms with Crippen molar-refractivity contribution in [3.63, 3.8) is 0 Å². The first-order chi connectivity index (χ1) is 12.2. The number of hydrogen-bond acceptors (Lipinski definition) is 5. The molecule has 2 heterocycles. The lowest BCUT2D eigenvalue weighted by Gasteiger charge is -2.32. The molecule has 1 unspecified atom stereocenters. The Labute approximate surface area is 146 Å². The lowest BCUT2D eigenvalue weighted by atomic mass is 9.98. The molecule has 1 atom stereocenters. The van der Waals surface area contributed by atoms with Crippen LogP contribution in [-0.2, 0) is 0 Å². The third kappa shape index (κ3) is 2.97. The molecule has 5 nitrogen and oxygen atoms in total. The predicted molar refractivity (Wildman–Crippen MR) is 100 cm³/mol. The summed E-state index contributed by atoms with van der Waals surface area (Å²) in [5, 5.41) is 13.9. The van der Waals surface area contributed by atoms with Gasteiger partial charge in [-0.05, 0) is 23.8 Å². The van der Waals surface area contributed by atoms with E-state index in [2.05, 4.69) is 15.3 Å². The molecule has 1 aliphatic heterocycles. The number of aliphatic hydroxyl groups excluding tert-OH is 1. The molecule has 2 aromatic carbocycles. The van der Waals surface area contributed by atoms with Gasteiger partial charge in [-0.2, -0.15) is 4.98 Å². The van der Waals surface area contributed by atoms with E-state index in [0.717, 1.165) is 22.4 Å². The number of para-hydroxylation sites is 1. The zero-order valence-corrected chi connectivity index (χ0v) is 13.8. The minimum absolute atomic E-state index is 0.501. The van der Waals surface area contributed by atoms with E-state index in [4.69, 9.17) is 0 Å². The van der Waals surface area contributed by atoms with E-state index in [1.54, 1.807) is 11.1 Å². The first-order valence-electron chi connectivity index (χ1n) is 8.09. The van der Waals surface area contributed by atoms with Crippen LogP contribution in [0.15, 0.2) is 66.9 Å². The van der Waals surface area contributed by atoms with E-state index in [0.29, 0.717) is 11.8 Å². The van der Waals surface area contributed by atoms with Crippen molar-refractivity contribution >= 4 is 29.1 Å². The molecule has 4 rings (SSSR count). The van der Waals surface area contributed by atoms with E-state index < -0.39 is 6.23 Å². The fourth-order valence-corrected chi connectivity index (χ4v) is 2.91. The zero-order valence-electron chi connectivity index (χ0n) is 13.8. The topological polar surface area (TPSA) is 61.3 Å². The van der Waals surface area contributed by atoms with Crippen LogP contribution in [0.4, 0.5) is 17.5 Å². The Hall–Kier alpha value is -3.18. The fraction of sp³-hybridized carbons (Fsp3) is 0.100. The number of rotatable bonds is 3. The van der Waals surface area contributed by atoms with Gasteiger partial charge < -0.3 is 15.3 Å². The van der Waals surface area contributed by atoms with Crippen molar-refractivity contribution in [3.05, 3.63) is 78.0 Å². The highest BCUT2D eigenvalue weighted by Gasteiger charge is 2.26. The van der Waals surface area contributed by atoms with Crippen molar-refractivity contribution in [3.8, 4) is 0 Å². The fourth-order valence-electron chi connectivity index (χ4n) is 2.91. The molecule has 0 bridgehead atoms. The highest BCUT2D eigenvalue weighted by Crippen LogP contribution is 2.34. The summed E-state index contributed by atoms with van der Waals surface area (Å²) in [5.74, 6) is 1.20. The van der Waals surface area contributed by atoms with Crippen LogP contribution in [0.2, 0.25) is 0 Å². The summed E-state index contributed by atoms with van der Waals surface area (Å²) in [6.45, 7) is 0. The summed E-state index contributed by atoms with van der Waals surface area (Å²) >= 11 is 0. The second-order valence-electron chi connectivity index (χ2n) is 5.91. The number of anilines is 3. The molecule has 0 saturated carbocycles. The standard InChI is InChI=1S/C20H18N4O/c1-24-18-15(12-17(19(24)25)14-8-4-2-5-9-14)13-21-20(23-18)22-16-10-6-3-7-11-16/h2-13,19,25H,1H3,(H,21,22,23). The third-order valence-electron chi connectivity index (χ3n) is 4.22. The summed E-state index contributed by atoms with van der Waals surface area (Å²) in [5.41, 5.74) is 3.62. The van der Waals surface area contributed by atoms with Crippen molar-refractivity contribution in [2.24, 2.45) is 0 Å². The molecule has 0 amide bonds. The molecule has 124 valence electrons. The van der Waals surface area contributed by atoms with Crippen LogP contribution >= 0.6 is 0 Å². The van der Waals surface area contributed by atoms with E-state index in [-0.39, 0.29) is 0 Å². The first kappa shape index (κ1) is 15.4. The second-order valence-corrected chi connectivity index (χ2v) is 5.91. The van der Waals surface area contributed by atoms with Gasteiger partial charge in [0.25, 0.3) is 0 Å². The molecule has 1 aliphatic rings. The number of fused-ring (bicyclic) bond motifs is 1. The van der Waals surface area contributed by atoms with Crippen molar-refractivity contribution in [1.82, 2.24) is 9.97 Å². The van der Waals surface area contributed by atoms with Gasteiger partial charge in [-0.25, -0.2) is 4.98 Å². The number of likely N-dealkylation sites (N-methyl/N-ethyl adjacent to an activating group) is 1. The van der Waals surface area contributed by atoms with Gasteiger partial charge in [-0.1, -0.05) is 48.5 Å². The first-order valence-corrected chi connectivity index (χ1v) is 8.09. The van der Waals surface area contributed by atoms with Gasteiger partial charge in [0.15, 0.2) is 6.23 Å². The summed E-state index contributed by atoms with van der Waals surface area (Å²) in [7, 11) is 1.83. The Morgan fingerprint density at radius 1 is 1.00 bits per heavy atom. The number of nitrogens with one attached hydrogen (secondary N) is 1. The maximum absolute atomic E-state index is 10.7. The minimum Gasteiger partial charge on any atom is -0.369 e. The Morgan fingerprint density at radius 2 is 1.68 bits per heavy atom. The van der Waals surface area contributed by atoms with Gasteiger partial charge in [0.1, 0.15) is 5.82 Å². The molecule has 2 N–H and O–H groups in total. The second kappa shape index (κ2) is 6.37. The Bertz CT molecular complexity index is 909. The molecule has 1 aromatic heterocycles. The maximum atomic E-state index is 10.7. The maximum Gasteiger partial charge on any atom is 0.229 e. The summed E-state index contributed by atoms with van der Waals surface area (Å²) in [6, 6.07) is 19.6. The average molecular weight is 330 g/mol. The molecule has 0 saturated heterocycles. The van der Waals surface area contributed by atoms with Crippen LogP contribution in [0, 0.1) is 0 Å². The van der Waals surface area contributed by atoms with Crippen LogP contribution in [0.3, 0.4) is 0 Å². The van der Waals surface area contributed by atoms with E-state index in [1.165, 1.54) is 0 Å². The van der Waals surface area contributed by atoms with Gasteiger partial charge >= 0.3 is 0 Å². The smallest absolute Gasteiger partial charge is 0.229 e. The number of nitrogens with zero attached hydrogens (tertiary/aromatic N) is 3. The van der Waals surface area contributed by atoms with Crippen molar-refractivity contribution in [2.45, 2.75) is 6.23 Å². The van der Waals surface area contributed by atoms with Gasteiger partial charge in [0.05, 0.1) is 0 Å². The van der Waals surface area contributed by atoms with Crippen molar-refractivity contribution < 1.29 is 5.11 Å². The average Bonchev–Trinajstić information content (AvgIpc) is 2.66. The SMILES string of the molecule is CN1c2nc(Nc3ccccc3)ncc2C=C(c2ccccc2)C1O. The largest absolute Gasteiger partial charge is 0.369 e. The monoisotopic (exact) mass is 330 g/mol. The molecular formula is C20H18N4O. The number of benzene rings is 2. The van der Waals surface area contributed by atoms with Crippen LogP contribution in [0.25, 0.3) is 11.6 Å². The lowest BCUT2D eigenvalue weighted by molar-refractivity contribution is 0.231. The summed E-state index contributed by atoms with van der Waals surface area (Å²) in [6.07, 6.45) is 2.97. The Balaban J connectivity index is 1.70. The molecule has 0 spiro atoms. The molecule has 3 aromatic rings. The van der Waals surface area contributed by atoms with Gasteiger partial charge in [-0.15, -0.1) is 0 Å². The van der Waals surface area contributed by atoms with Crippen molar-refractivity contribution in [1.29, 1.82) is 0 Å². The quantitative estimate of drug-likeness (QED) is 0.769. The predicted octanol–water partition coefficient (Wildman–Crippen LogP) is 3.53. The van der Waals surface area contributed by atoms with Gasteiger partial charge in [0, 0.05) is 30.1 Å².